The van der Waals surface area contributed by atoms with Crippen molar-refractivity contribution in [2.75, 3.05) is 12.8 Å². The molecule has 0 heterocycles. The molecule has 76 valence electrons. The van der Waals surface area contributed by atoms with Crippen molar-refractivity contribution in [3.8, 4) is 0 Å². The van der Waals surface area contributed by atoms with Gasteiger partial charge < -0.3 is 14.5 Å². The summed E-state index contributed by atoms with van der Waals surface area (Å²) in [6, 6.07) is 0. The van der Waals surface area contributed by atoms with E-state index in [-0.39, 0.29) is 12.6 Å². The first kappa shape index (κ1) is 12.4. The van der Waals surface area contributed by atoms with Gasteiger partial charge in [0.2, 0.25) is 0 Å². The van der Waals surface area contributed by atoms with Crippen LogP contribution in [0.15, 0.2) is 12.2 Å². The van der Waals surface area contributed by atoms with E-state index in [2.05, 4.69) is 4.74 Å². The van der Waals surface area contributed by atoms with Gasteiger partial charge in [0.1, 0.15) is 0 Å². The molecule has 0 rings (SSSR count). The minimum Gasteiger partial charge on any atom is -0.466 e. The Bertz CT molecular complexity index is 229. The molecule has 0 atom stereocenters. The third kappa shape index (κ3) is 9.27. The molecule has 6 heteroatoms. The highest BCUT2D eigenvalue weighted by atomic mass is 31.2. The smallest absolute Gasteiger partial charge is 0.329 e. The van der Waals surface area contributed by atoms with Crippen LogP contribution in [0.25, 0.3) is 0 Å². The lowest BCUT2D eigenvalue weighted by atomic mass is 10.4. The zero-order chi connectivity index (χ0) is 10.3. The molecule has 0 aromatic rings. The number of hydrogen-bond acceptors (Lipinski definition) is 3. The van der Waals surface area contributed by atoms with Crippen molar-refractivity contribution in [1.82, 2.24) is 0 Å². The van der Waals surface area contributed by atoms with Crippen LogP contribution in [0, 0.1) is 0 Å². The van der Waals surface area contributed by atoms with Crippen molar-refractivity contribution in [3.63, 3.8) is 0 Å². The van der Waals surface area contributed by atoms with Crippen LogP contribution >= 0.6 is 7.60 Å². The summed E-state index contributed by atoms with van der Waals surface area (Å²) in [5.74, 6) is -0.399. The predicted molar refractivity (Wildman–Crippen MR) is 47.3 cm³/mol. The van der Waals surface area contributed by atoms with Gasteiger partial charge in [-0.3, -0.25) is 9.36 Å². The minimum atomic E-state index is -3.98. The Hall–Kier alpha value is -0.640. The van der Waals surface area contributed by atoms with Gasteiger partial charge in [-0.2, -0.15) is 0 Å². The van der Waals surface area contributed by atoms with E-state index in [0.717, 1.165) is 0 Å². The van der Waals surface area contributed by atoms with E-state index in [1.807, 2.05) is 0 Å². The summed E-state index contributed by atoms with van der Waals surface area (Å²) in [5.41, 5.74) is 0. The van der Waals surface area contributed by atoms with E-state index in [1.165, 1.54) is 12.2 Å². The summed E-state index contributed by atoms with van der Waals surface area (Å²) >= 11 is 0. The number of carbonyl (C=O) groups is 1. The molecule has 0 aliphatic carbocycles. The van der Waals surface area contributed by atoms with Crippen LogP contribution in [0.2, 0.25) is 0 Å². The van der Waals surface area contributed by atoms with Crippen LogP contribution in [0.1, 0.15) is 13.3 Å². The van der Waals surface area contributed by atoms with Crippen molar-refractivity contribution < 1.29 is 23.9 Å². The molecule has 2 N–H and O–H groups in total. The van der Waals surface area contributed by atoms with Crippen molar-refractivity contribution in [1.29, 1.82) is 0 Å². The molecule has 0 fully saturated rings. The standard InChI is InChI=1S/C7H13O5P/c1-2-12-7(8)5-3-4-6-13(9,10)11/h3-4H,2,5-6H2,1H3,(H2,9,10,11). The quantitative estimate of drug-likeness (QED) is 0.394. The molecule has 0 saturated carbocycles. The molecule has 0 bridgehead atoms. The topological polar surface area (TPSA) is 83.8 Å². The highest BCUT2D eigenvalue weighted by Crippen LogP contribution is 2.33. The summed E-state index contributed by atoms with van der Waals surface area (Å²) in [5, 5.41) is 0. The van der Waals surface area contributed by atoms with Crippen molar-refractivity contribution in [2.45, 2.75) is 13.3 Å². The molecule has 0 spiro atoms. The Morgan fingerprint density at radius 1 is 1.46 bits per heavy atom. The van der Waals surface area contributed by atoms with Crippen LogP contribution in [0.5, 0.6) is 0 Å². The molecule has 0 radical (unpaired) electrons. The second-order valence-corrected chi connectivity index (χ2v) is 4.02. The molecule has 13 heavy (non-hydrogen) atoms. The third-order valence-electron chi connectivity index (χ3n) is 1.10. The maximum absolute atomic E-state index is 10.7. The fraction of sp³-hybridized carbons (Fsp3) is 0.571. The third-order valence-corrected chi connectivity index (χ3v) is 1.79. The maximum atomic E-state index is 10.7. The van der Waals surface area contributed by atoms with E-state index in [0.29, 0.717) is 6.61 Å². The Labute approximate surface area is 76.6 Å². The monoisotopic (exact) mass is 208 g/mol. The molecule has 0 unspecified atom stereocenters. The molecule has 0 amide bonds. The van der Waals surface area contributed by atoms with E-state index >= 15 is 0 Å². The molecule has 0 aliphatic rings. The predicted octanol–water partition coefficient (Wildman–Crippen LogP) is 0.673. The van der Waals surface area contributed by atoms with Crippen LogP contribution < -0.4 is 0 Å². The van der Waals surface area contributed by atoms with Gasteiger partial charge in [0.15, 0.2) is 0 Å². The highest BCUT2D eigenvalue weighted by molar-refractivity contribution is 7.51. The summed E-state index contributed by atoms with van der Waals surface area (Å²) < 4.78 is 14.9. The Morgan fingerprint density at radius 2 is 2.08 bits per heavy atom. The lowest BCUT2D eigenvalue weighted by Gasteiger charge is -1.98. The van der Waals surface area contributed by atoms with E-state index in [4.69, 9.17) is 9.79 Å². The number of allylic oxidation sites excluding steroid dienone is 1. The Balaban J connectivity index is 3.64. The summed E-state index contributed by atoms with van der Waals surface area (Å²) in [7, 11) is -3.98. The lowest BCUT2D eigenvalue weighted by Crippen LogP contribution is -2.01. The van der Waals surface area contributed by atoms with Crippen LogP contribution in [-0.4, -0.2) is 28.5 Å². The molecule has 0 aromatic heterocycles. The second kappa shape index (κ2) is 5.91. The maximum Gasteiger partial charge on any atom is 0.329 e. The fourth-order valence-electron chi connectivity index (χ4n) is 0.611. The zero-order valence-electron chi connectivity index (χ0n) is 7.34. The van der Waals surface area contributed by atoms with Gasteiger partial charge in [0.25, 0.3) is 0 Å². The normalized spacial score (nSPS) is 11.9. The minimum absolute atomic E-state index is 0.0494. The zero-order valence-corrected chi connectivity index (χ0v) is 8.24. The molecular weight excluding hydrogens is 195 g/mol. The number of ether oxygens (including phenoxy) is 1. The van der Waals surface area contributed by atoms with Gasteiger partial charge in [-0.1, -0.05) is 12.2 Å². The molecule has 0 saturated heterocycles. The number of esters is 1. The van der Waals surface area contributed by atoms with Crippen molar-refractivity contribution >= 4 is 13.6 Å². The highest BCUT2D eigenvalue weighted by Gasteiger charge is 2.08. The summed E-state index contributed by atoms with van der Waals surface area (Å²) in [6.45, 7) is 2.00. The van der Waals surface area contributed by atoms with E-state index in [9.17, 15) is 9.36 Å². The van der Waals surface area contributed by atoms with Crippen LogP contribution in [0.4, 0.5) is 0 Å². The van der Waals surface area contributed by atoms with Crippen LogP contribution in [-0.2, 0) is 14.1 Å². The number of hydrogen-bond donors (Lipinski definition) is 2. The van der Waals surface area contributed by atoms with Gasteiger partial charge >= 0.3 is 13.6 Å². The second-order valence-electron chi connectivity index (χ2n) is 2.33. The molecule has 5 nitrogen and oxygen atoms in total. The first-order valence-corrected chi connectivity index (χ1v) is 5.60. The number of carbonyl (C=O) groups excluding carboxylic acids is 1. The largest absolute Gasteiger partial charge is 0.466 e. The van der Waals surface area contributed by atoms with E-state index < -0.39 is 13.6 Å². The van der Waals surface area contributed by atoms with Crippen LogP contribution in [0.3, 0.4) is 0 Å². The van der Waals surface area contributed by atoms with Gasteiger partial charge in [0, 0.05) is 0 Å². The summed E-state index contributed by atoms with van der Waals surface area (Å²) in [6.07, 6.45) is 2.37. The average molecular weight is 208 g/mol. The first-order valence-electron chi connectivity index (χ1n) is 3.81. The van der Waals surface area contributed by atoms with Gasteiger partial charge in [0.05, 0.1) is 19.2 Å². The van der Waals surface area contributed by atoms with Gasteiger partial charge in [-0.25, -0.2) is 0 Å². The Kier molecular flexibility index (Phi) is 5.62. The number of rotatable bonds is 5. The lowest BCUT2D eigenvalue weighted by molar-refractivity contribution is -0.142. The SMILES string of the molecule is CCOC(=O)CC=CCP(=O)(O)O. The average Bonchev–Trinajstić information content (AvgIpc) is 1.97. The van der Waals surface area contributed by atoms with Crippen molar-refractivity contribution in [2.24, 2.45) is 0 Å². The first-order chi connectivity index (χ1) is 5.95. The van der Waals surface area contributed by atoms with Gasteiger partial charge in [-0.05, 0) is 6.92 Å². The fourth-order valence-corrected chi connectivity index (χ4v) is 1.04. The summed E-state index contributed by atoms with van der Waals surface area (Å²) in [4.78, 5) is 27.6. The molecule has 0 aliphatic heterocycles. The van der Waals surface area contributed by atoms with Gasteiger partial charge in [-0.15, -0.1) is 0 Å². The Morgan fingerprint density at radius 3 is 2.54 bits per heavy atom. The molecular formula is C7H13O5P. The van der Waals surface area contributed by atoms with E-state index in [1.54, 1.807) is 6.92 Å². The van der Waals surface area contributed by atoms with Crippen molar-refractivity contribution in [3.05, 3.63) is 12.2 Å². The molecule has 0 aromatic carbocycles.